The van der Waals surface area contributed by atoms with Crippen molar-refractivity contribution in [2.45, 2.75) is 19.5 Å². The van der Waals surface area contributed by atoms with E-state index in [1.54, 1.807) is 17.4 Å². The fourth-order valence-corrected chi connectivity index (χ4v) is 2.53. The molecule has 0 aliphatic heterocycles. The Kier molecular flexibility index (Phi) is 3.93. The number of aromatic nitrogens is 1. The Hall–Kier alpha value is -1.46. The first-order valence-corrected chi connectivity index (χ1v) is 6.61. The lowest BCUT2D eigenvalue weighted by atomic mass is 10.2. The molecule has 0 saturated carbocycles. The Balaban J connectivity index is 2.09. The summed E-state index contributed by atoms with van der Waals surface area (Å²) in [5.74, 6) is -0.212. The van der Waals surface area contributed by atoms with Crippen LogP contribution in [-0.2, 0) is 6.54 Å². The molecule has 0 radical (unpaired) electrons. The van der Waals surface area contributed by atoms with E-state index in [0.717, 1.165) is 16.4 Å². The number of hydrogen-bond acceptors (Lipinski definition) is 4. The van der Waals surface area contributed by atoms with Crippen molar-refractivity contribution in [1.29, 1.82) is 0 Å². The largest absolute Gasteiger partial charge is 0.347 e. The molecule has 0 saturated heterocycles. The SMILES string of the molecule is CC(N)c1csc(N(C)Cc2cccc(F)c2)n1. The molecule has 3 nitrogen and oxygen atoms in total. The van der Waals surface area contributed by atoms with Gasteiger partial charge in [0.05, 0.1) is 5.69 Å². The lowest BCUT2D eigenvalue weighted by Crippen LogP contribution is -2.16. The number of hydrogen-bond donors (Lipinski definition) is 1. The van der Waals surface area contributed by atoms with Crippen LogP contribution in [0.1, 0.15) is 24.2 Å². The summed E-state index contributed by atoms with van der Waals surface area (Å²) in [4.78, 5) is 6.45. The summed E-state index contributed by atoms with van der Waals surface area (Å²) in [6.45, 7) is 2.54. The van der Waals surface area contributed by atoms with Crippen molar-refractivity contribution in [2.75, 3.05) is 11.9 Å². The van der Waals surface area contributed by atoms with E-state index in [1.807, 2.05) is 30.3 Å². The van der Waals surface area contributed by atoms with Crippen LogP contribution in [-0.4, -0.2) is 12.0 Å². The van der Waals surface area contributed by atoms with Gasteiger partial charge in [-0.05, 0) is 24.6 Å². The van der Waals surface area contributed by atoms with Crippen molar-refractivity contribution in [3.8, 4) is 0 Å². The molecule has 1 unspecified atom stereocenters. The van der Waals surface area contributed by atoms with Gasteiger partial charge in [0, 0.05) is 25.0 Å². The number of thiazole rings is 1. The fraction of sp³-hybridized carbons (Fsp3) is 0.308. The van der Waals surface area contributed by atoms with Crippen LogP contribution < -0.4 is 10.6 Å². The molecular weight excluding hydrogens is 249 g/mol. The molecule has 18 heavy (non-hydrogen) atoms. The van der Waals surface area contributed by atoms with Gasteiger partial charge in [0.2, 0.25) is 0 Å². The van der Waals surface area contributed by atoms with Gasteiger partial charge in [-0.2, -0.15) is 0 Å². The summed E-state index contributed by atoms with van der Waals surface area (Å²) in [5, 5.41) is 2.86. The van der Waals surface area contributed by atoms with Gasteiger partial charge >= 0.3 is 0 Å². The number of anilines is 1. The van der Waals surface area contributed by atoms with Crippen molar-refractivity contribution in [3.05, 3.63) is 46.7 Å². The Morgan fingerprint density at radius 3 is 2.89 bits per heavy atom. The lowest BCUT2D eigenvalue weighted by molar-refractivity contribution is 0.625. The summed E-state index contributed by atoms with van der Waals surface area (Å²) in [7, 11) is 1.94. The molecule has 0 fully saturated rings. The second-order valence-electron chi connectivity index (χ2n) is 4.33. The zero-order chi connectivity index (χ0) is 13.1. The molecule has 2 N–H and O–H groups in total. The van der Waals surface area contributed by atoms with Crippen LogP contribution in [0.5, 0.6) is 0 Å². The first kappa shape index (κ1) is 13.0. The van der Waals surface area contributed by atoms with Gasteiger partial charge in [0.15, 0.2) is 5.13 Å². The lowest BCUT2D eigenvalue weighted by Gasteiger charge is -2.15. The molecule has 1 aromatic carbocycles. The van der Waals surface area contributed by atoms with Gasteiger partial charge in [-0.3, -0.25) is 0 Å². The van der Waals surface area contributed by atoms with Gasteiger partial charge < -0.3 is 10.6 Å². The predicted octanol–water partition coefficient (Wildman–Crippen LogP) is 2.94. The van der Waals surface area contributed by atoms with Crippen LogP contribution in [0, 0.1) is 5.82 Å². The number of benzene rings is 1. The molecule has 5 heteroatoms. The highest BCUT2D eigenvalue weighted by molar-refractivity contribution is 7.13. The van der Waals surface area contributed by atoms with Gasteiger partial charge in [0.1, 0.15) is 5.82 Å². The molecule has 96 valence electrons. The molecular formula is C13H16FN3S. The minimum atomic E-state index is -0.212. The standard InChI is InChI=1S/C13H16FN3S/c1-9(15)12-8-18-13(16-12)17(2)7-10-4-3-5-11(14)6-10/h3-6,8-9H,7,15H2,1-2H3. The minimum Gasteiger partial charge on any atom is -0.347 e. The van der Waals surface area contributed by atoms with E-state index < -0.39 is 0 Å². The van der Waals surface area contributed by atoms with Gasteiger partial charge in [-0.15, -0.1) is 11.3 Å². The second kappa shape index (κ2) is 5.46. The first-order chi connectivity index (χ1) is 8.56. The third kappa shape index (κ3) is 3.05. The second-order valence-corrected chi connectivity index (χ2v) is 5.17. The van der Waals surface area contributed by atoms with E-state index in [9.17, 15) is 4.39 Å². The van der Waals surface area contributed by atoms with Crippen LogP contribution in [0.25, 0.3) is 0 Å². The topological polar surface area (TPSA) is 42.1 Å². The predicted molar refractivity (Wildman–Crippen MR) is 73.2 cm³/mol. The van der Waals surface area contributed by atoms with Crippen molar-refractivity contribution in [1.82, 2.24) is 4.98 Å². The average molecular weight is 265 g/mol. The third-order valence-corrected chi connectivity index (χ3v) is 3.58. The minimum absolute atomic E-state index is 0.0578. The molecule has 1 aromatic heterocycles. The third-order valence-electron chi connectivity index (χ3n) is 2.61. The zero-order valence-electron chi connectivity index (χ0n) is 10.4. The molecule has 2 rings (SSSR count). The van der Waals surface area contributed by atoms with Crippen molar-refractivity contribution in [3.63, 3.8) is 0 Å². The summed E-state index contributed by atoms with van der Waals surface area (Å²) < 4.78 is 13.1. The van der Waals surface area contributed by atoms with E-state index in [4.69, 9.17) is 5.73 Å². The van der Waals surface area contributed by atoms with Crippen LogP contribution in [0.2, 0.25) is 0 Å². The Morgan fingerprint density at radius 2 is 2.28 bits per heavy atom. The van der Waals surface area contributed by atoms with Gasteiger partial charge in [0.25, 0.3) is 0 Å². The Labute approximate surface area is 110 Å². The molecule has 0 bridgehead atoms. The maximum absolute atomic E-state index is 13.1. The number of nitrogens with zero attached hydrogens (tertiary/aromatic N) is 2. The smallest absolute Gasteiger partial charge is 0.185 e. The van der Waals surface area contributed by atoms with Crippen LogP contribution >= 0.6 is 11.3 Å². The van der Waals surface area contributed by atoms with Crippen LogP contribution in [0.3, 0.4) is 0 Å². The molecule has 2 aromatic rings. The molecule has 0 spiro atoms. The summed E-state index contributed by atoms with van der Waals surface area (Å²) in [5.41, 5.74) is 7.59. The summed E-state index contributed by atoms with van der Waals surface area (Å²) in [6.07, 6.45) is 0. The fourth-order valence-electron chi connectivity index (χ4n) is 1.64. The normalized spacial score (nSPS) is 12.4. The Morgan fingerprint density at radius 1 is 1.50 bits per heavy atom. The summed E-state index contributed by atoms with van der Waals surface area (Å²) >= 11 is 1.55. The van der Waals surface area contributed by atoms with E-state index in [2.05, 4.69) is 4.98 Å². The maximum atomic E-state index is 13.1. The van der Waals surface area contributed by atoms with E-state index in [0.29, 0.717) is 6.54 Å². The van der Waals surface area contributed by atoms with Crippen LogP contribution in [0.15, 0.2) is 29.6 Å². The van der Waals surface area contributed by atoms with Crippen molar-refractivity contribution < 1.29 is 4.39 Å². The molecule has 0 amide bonds. The average Bonchev–Trinajstić information content (AvgIpc) is 2.78. The van der Waals surface area contributed by atoms with Gasteiger partial charge in [-0.25, -0.2) is 9.37 Å². The molecule has 1 heterocycles. The van der Waals surface area contributed by atoms with Crippen molar-refractivity contribution >= 4 is 16.5 Å². The summed E-state index contributed by atoms with van der Waals surface area (Å²) in [6, 6.07) is 6.54. The quantitative estimate of drug-likeness (QED) is 0.924. The van der Waals surface area contributed by atoms with E-state index >= 15 is 0 Å². The highest BCUT2D eigenvalue weighted by atomic mass is 32.1. The number of rotatable bonds is 4. The molecule has 0 aliphatic carbocycles. The first-order valence-electron chi connectivity index (χ1n) is 5.73. The maximum Gasteiger partial charge on any atom is 0.185 e. The molecule has 1 atom stereocenters. The van der Waals surface area contributed by atoms with Gasteiger partial charge in [-0.1, -0.05) is 12.1 Å². The van der Waals surface area contributed by atoms with E-state index in [-0.39, 0.29) is 11.9 Å². The highest BCUT2D eigenvalue weighted by Crippen LogP contribution is 2.23. The van der Waals surface area contributed by atoms with E-state index in [1.165, 1.54) is 12.1 Å². The molecule has 0 aliphatic rings. The highest BCUT2D eigenvalue weighted by Gasteiger charge is 2.10. The number of nitrogens with two attached hydrogens (primary N) is 1. The zero-order valence-corrected chi connectivity index (χ0v) is 11.2. The van der Waals surface area contributed by atoms with Crippen molar-refractivity contribution in [2.24, 2.45) is 5.73 Å². The monoisotopic (exact) mass is 265 g/mol. The number of halogens is 1. The Bertz CT molecular complexity index is 524. The van der Waals surface area contributed by atoms with Crippen LogP contribution in [0.4, 0.5) is 9.52 Å².